The monoisotopic (exact) mass is 271 g/mol. The van der Waals surface area contributed by atoms with E-state index in [9.17, 15) is 5.11 Å². The lowest BCUT2D eigenvalue weighted by atomic mass is 9.85. The molecule has 0 aromatic rings. The minimum absolute atomic E-state index is 0.0552. The summed E-state index contributed by atoms with van der Waals surface area (Å²) in [6, 6.07) is 0.702. The summed E-state index contributed by atoms with van der Waals surface area (Å²) in [6.45, 7) is 7.19. The van der Waals surface area contributed by atoms with Gasteiger partial charge in [-0.2, -0.15) is 11.8 Å². The van der Waals surface area contributed by atoms with Crippen LogP contribution < -0.4 is 5.32 Å². The van der Waals surface area contributed by atoms with Crippen LogP contribution in [0.2, 0.25) is 0 Å². The molecule has 2 fully saturated rings. The molecule has 0 aromatic carbocycles. The molecule has 2 atom stereocenters. The summed E-state index contributed by atoms with van der Waals surface area (Å²) < 4.78 is 0.365. The molecule has 2 unspecified atom stereocenters. The first-order valence-corrected chi connectivity index (χ1v) is 8.46. The highest BCUT2D eigenvalue weighted by atomic mass is 32.2. The van der Waals surface area contributed by atoms with E-state index >= 15 is 0 Å². The van der Waals surface area contributed by atoms with Crippen molar-refractivity contribution in [1.29, 1.82) is 0 Å². The summed E-state index contributed by atoms with van der Waals surface area (Å²) in [4.78, 5) is 0. The molecular formula is C15H29NOS. The van der Waals surface area contributed by atoms with Crippen molar-refractivity contribution in [2.45, 2.75) is 75.6 Å². The lowest BCUT2D eigenvalue weighted by molar-refractivity contribution is 0.120. The second-order valence-electron chi connectivity index (χ2n) is 7.07. The van der Waals surface area contributed by atoms with Gasteiger partial charge in [-0.05, 0) is 43.8 Å². The van der Waals surface area contributed by atoms with E-state index in [0.717, 1.165) is 0 Å². The van der Waals surface area contributed by atoms with Crippen molar-refractivity contribution in [3.63, 3.8) is 0 Å². The molecule has 0 bridgehead atoms. The molecule has 0 saturated heterocycles. The number of thioether (sulfide) groups is 1. The number of hydrogen-bond donors (Lipinski definition) is 2. The topological polar surface area (TPSA) is 32.3 Å². The van der Waals surface area contributed by atoms with Crippen LogP contribution in [0.15, 0.2) is 0 Å². The maximum atomic E-state index is 9.85. The minimum atomic E-state index is 0.0552. The molecule has 2 aliphatic rings. The van der Waals surface area contributed by atoms with E-state index in [2.05, 4.69) is 37.8 Å². The van der Waals surface area contributed by atoms with Gasteiger partial charge in [0.05, 0.1) is 6.61 Å². The van der Waals surface area contributed by atoms with Gasteiger partial charge in [0.25, 0.3) is 0 Å². The summed E-state index contributed by atoms with van der Waals surface area (Å²) >= 11 is 2.06. The zero-order valence-corrected chi connectivity index (χ0v) is 13.0. The third kappa shape index (κ3) is 3.88. The maximum Gasteiger partial charge on any atom is 0.0616 e. The molecule has 2 N–H and O–H groups in total. The first kappa shape index (κ1) is 14.7. The van der Waals surface area contributed by atoms with Gasteiger partial charge in [-0.15, -0.1) is 0 Å². The standard InChI is InChI=1S/C15H29NOS/c1-14(2,3)18-10-8-12-5-4-9-15(12,11-17)16-13-6-7-13/h12-13,16-17H,4-11H2,1-3H3. The van der Waals surface area contributed by atoms with Crippen LogP contribution in [0.3, 0.4) is 0 Å². The van der Waals surface area contributed by atoms with Gasteiger partial charge in [0.15, 0.2) is 0 Å². The van der Waals surface area contributed by atoms with Crippen LogP contribution in [0.5, 0.6) is 0 Å². The van der Waals surface area contributed by atoms with Crippen molar-refractivity contribution in [3.8, 4) is 0 Å². The van der Waals surface area contributed by atoms with Gasteiger partial charge in [0, 0.05) is 16.3 Å². The Morgan fingerprint density at radius 2 is 2.00 bits per heavy atom. The fraction of sp³-hybridized carbons (Fsp3) is 1.00. The Kier molecular flexibility index (Phi) is 4.66. The van der Waals surface area contributed by atoms with E-state index in [4.69, 9.17) is 0 Å². The van der Waals surface area contributed by atoms with Gasteiger partial charge in [-0.1, -0.05) is 27.2 Å². The van der Waals surface area contributed by atoms with Gasteiger partial charge >= 0.3 is 0 Å². The third-order valence-electron chi connectivity index (χ3n) is 4.31. The molecule has 3 heteroatoms. The van der Waals surface area contributed by atoms with E-state index < -0.39 is 0 Å². The van der Waals surface area contributed by atoms with Gasteiger partial charge in [0.2, 0.25) is 0 Å². The first-order chi connectivity index (χ1) is 8.45. The van der Waals surface area contributed by atoms with Crippen LogP contribution in [0.25, 0.3) is 0 Å². The highest BCUT2D eigenvalue weighted by molar-refractivity contribution is 8.00. The van der Waals surface area contributed by atoms with Crippen molar-refractivity contribution < 1.29 is 5.11 Å². The Bertz CT molecular complexity index is 272. The zero-order valence-electron chi connectivity index (χ0n) is 12.2. The second-order valence-corrected chi connectivity index (χ2v) is 8.99. The summed E-state index contributed by atoms with van der Waals surface area (Å²) in [6.07, 6.45) is 7.62. The van der Waals surface area contributed by atoms with E-state index in [1.165, 1.54) is 44.3 Å². The molecule has 0 amide bonds. The second kappa shape index (κ2) is 5.72. The predicted octanol–water partition coefficient (Wildman–Crippen LogP) is 3.19. The van der Waals surface area contributed by atoms with Gasteiger partial charge in [0.1, 0.15) is 0 Å². The Hall–Kier alpha value is 0.270. The lowest BCUT2D eigenvalue weighted by Crippen LogP contribution is -2.52. The minimum Gasteiger partial charge on any atom is -0.394 e. The van der Waals surface area contributed by atoms with Crippen molar-refractivity contribution >= 4 is 11.8 Å². The molecule has 2 saturated carbocycles. The molecule has 0 heterocycles. The van der Waals surface area contributed by atoms with Crippen molar-refractivity contribution in [3.05, 3.63) is 0 Å². The molecule has 0 radical (unpaired) electrons. The number of hydrogen-bond acceptors (Lipinski definition) is 3. The SMILES string of the molecule is CC(C)(C)SCCC1CCCC1(CO)NC1CC1. The molecule has 0 aliphatic heterocycles. The number of nitrogens with one attached hydrogen (secondary N) is 1. The molecule has 2 aliphatic carbocycles. The highest BCUT2D eigenvalue weighted by Gasteiger charge is 2.44. The zero-order chi connectivity index (χ0) is 13.2. The van der Waals surface area contributed by atoms with E-state index in [0.29, 0.717) is 23.3 Å². The van der Waals surface area contributed by atoms with Gasteiger partial charge in [-0.3, -0.25) is 0 Å². The lowest BCUT2D eigenvalue weighted by Gasteiger charge is -2.36. The maximum absolute atomic E-state index is 9.85. The highest BCUT2D eigenvalue weighted by Crippen LogP contribution is 2.41. The molecule has 106 valence electrons. The van der Waals surface area contributed by atoms with Crippen LogP contribution in [-0.4, -0.2) is 33.8 Å². The van der Waals surface area contributed by atoms with Crippen LogP contribution in [0.1, 0.15) is 59.3 Å². The summed E-state index contributed by atoms with van der Waals surface area (Å²) in [5.74, 6) is 1.90. The largest absolute Gasteiger partial charge is 0.394 e. The molecule has 0 spiro atoms. The van der Waals surface area contributed by atoms with E-state index in [1.807, 2.05) is 0 Å². The fourth-order valence-electron chi connectivity index (χ4n) is 3.15. The molecule has 18 heavy (non-hydrogen) atoms. The van der Waals surface area contributed by atoms with Gasteiger partial charge < -0.3 is 10.4 Å². The summed E-state index contributed by atoms with van der Waals surface area (Å²) in [5, 5.41) is 13.6. The normalized spacial score (nSPS) is 33.0. The van der Waals surface area contributed by atoms with Crippen LogP contribution in [0.4, 0.5) is 0 Å². The smallest absolute Gasteiger partial charge is 0.0616 e. The average Bonchev–Trinajstić information content (AvgIpc) is 2.99. The summed E-state index contributed by atoms with van der Waals surface area (Å²) in [7, 11) is 0. The predicted molar refractivity (Wildman–Crippen MR) is 80.1 cm³/mol. The Morgan fingerprint density at radius 1 is 1.28 bits per heavy atom. The number of rotatable bonds is 6. The van der Waals surface area contributed by atoms with Gasteiger partial charge in [-0.25, -0.2) is 0 Å². The van der Waals surface area contributed by atoms with Crippen molar-refractivity contribution in [1.82, 2.24) is 5.32 Å². The molecule has 0 aromatic heterocycles. The Morgan fingerprint density at radius 3 is 2.56 bits per heavy atom. The molecule has 2 rings (SSSR count). The van der Waals surface area contributed by atoms with Crippen LogP contribution >= 0.6 is 11.8 Å². The number of aliphatic hydroxyl groups excluding tert-OH is 1. The fourth-order valence-corrected chi connectivity index (χ4v) is 4.17. The van der Waals surface area contributed by atoms with Crippen LogP contribution in [-0.2, 0) is 0 Å². The quantitative estimate of drug-likeness (QED) is 0.778. The van der Waals surface area contributed by atoms with E-state index in [1.54, 1.807) is 0 Å². The van der Waals surface area contributed by atoms with Crippen LogP contribution in [0, 0.1) is 5.92 Å². The Balaban J connectivity index is 1.84. The third-order valence-corrected chi connectivity index (χ3v) is 5.62. The van der Waals surface area contributed by atoms with E-state index in [-0.39, 0.29) is 5.54 Å². The average molecular weight is 271 g/mol. The molecular weight excluding hydrogens is 242 g/mol. The number of aliphatic hydroxyl groups is 1. The van der Waals surface area contributed by atoms with Crippen molar-refractivity contribution in [2.75, 3.05) is 12.4 Å². The van der Waals surface area contributed by atoms with Crippen molar-refractivity contribution in [2.24, 2.45) is 5.92 Å². The first-order valence-electron chi connectivity index (χ1n) is 7.48. The molecule has 2 nitrogen and oxygen atoms in total. The summed E-state index contributed by atoms with van der Waals surface area (Å²) in [5.41, 5.74) is 0.0552. The Labute approximate surface area is 116 Å².